The first kappa shape index (κ1) is 7.49. The van der Waals surface area contributed by atoms with Gasteiger partial charge in [-0.25, -0.2) is 0 Å². The molecule has 11 heavy (non-hydrogen) atoms. The summed E-state index contributed by atoms with van der Waals surface area (Å²) in [7, 11) is 1.71. The predicted octanol–water partition coefficient (Wildman–Crippen LogP) is 3.61. The van der Waals surface area contributed by atoms with Crippen LogP contribution in [0.1, 0.15) is 0 Å². The molecule has 0 spiro atoms. The Kier molecular flexibility index (Phi) is 2.09. The zero-order valence-corrected chi connectivity index (χ0v) is 8.65. The van der Waals surface area contributed by atoms with E-state index in [1.165, 1.54) is 15.9 Å². The van der Waals surface area contributed by atoms with E-state index in [9.17, 15) is 0 Å². The summed E-state index contributed by atoms with van der Waals surface area (Å²) in [5.74, 6) is 0. The molecule has 2 rings (SSSR count). The smallest absolute Gasteiger partial charge is 0.0836 e. The minimum atomic E-state index is 1.21. The van der Waals surface area contributed by atoms with Crippen LogP contribution >= 0.6 is 30.1 Å². The molecule has 0 aliphatic heterocycles. The van der Waals surface area contributed by atoms with Crippen LogP contribution in [0.15, 0.2) is 35.4 Å². The monoisotopic (exact) mass is 275 g/mol. The summed E-state index contributed by atoms with van der Waals surface area (Å²) in [5.41, 5.74) is 1.21. The second-order valence-electron chi connectivity index (χ2n) is 2.30. The second-order valence-corrected chi connectivity index (χ2v) is 4.21. The average molecular weight is 275 g/mol. The Bertz CT molecular complexity index is 336. The molecule has 0 bridgehead atoms. The van der Waals surface area contributed by atoms with E-state index in [-0.39, 0.29) is 0 Å². The van der Waals surface area contributed by atoms with Gasteiger partial charge >= 0.3 is 0 Å². The minimum Gasteiger partial charge on any atom is -0.349 e. The maximum absolute atomic E-state index is 3.30. The Morgan fingerprint density at radius 2 is 2.09 bits per heavy atom. The molecule has 1 aromatic carbocycles. The number of aromatic nitrogens is 1. The Labute approximate surface area is 81.2 Å². The molecule has 0 unspecified atom stereocenters. The highest BCUT2D eigenvalue weighted by Gasteiger charge is 1.96. The van der Waals surface area contributed by atoms with Crippen molar-refractivity contribution in [3.8, 4) is 0 Å². The first-order chi connectivity index (χ1) is 5.40. The van der Waals surface area contributed by atoms with Gasteiger partial charge in [-0.05, 0) is 21.1 Å². The number of hydrogen-bond donors (Lipinski definition) is 1. The Hall–Kier alpha value is -0.160. The van der Waals surface area contributed by atoms with Gasteiger partial charge in [-0.3, -0.25) is 0 Å². The number of nitrogens with one attached hydrogen (secondary N) is 1. The van der Waals surface area contributed by atoms with E-state index < -0.39 is 0 Å². The average Bonchev–Trinajstić information content (AvgIpc) is 2.46. The quantitative estimate of drug-likeness (QED) is 0.786. The van der Waals surface area contributed by atoms with E-state index in [0.29, 0.717) is 0 Å². The Balaban J connectivity index is 2.69. The molecule has 0 saturated carbocycles. The highest BCUT2D eigenvalue weighted by molar-refractivity contribution is 14.2. The van der Waals surface area contributed by atoms with Gasteiger partial charge in [0.25, 0.3) is 0 Å². The molecule has 0 radical (unpaired) electrons. The number of hydrogen-bond acceptors (Lipinski definition) is 1. The van der Waals surface area contributed by atoms with Crippen LogP contribution < -0.4 is 0 Å². The van der Waals surface area contributed by atoms with Gasteiger partial charge in [0.05, 0.1) is 5.03 Å². The fourth-order valence-electron chi connectivity index (χ4n) is 1.09. The van der Waals surface area contributed by atoms with Crippen LogP contribution in [0.4, 0.5) is 0 Å². The molecule has 0 atom stereocenters. The molecule has 1 N–H and O–H groups in total. The van der Waals surface area contributed by atoms with Crippen molar-refractivity contribution in [2.45, 2.75) is 5.03 Å². The summed E-state index contributed by atoms with van der Waals surface area (Å²) < 4.78 is 0. The van der Waals surface area contributed by atoms with E-state index in [1.54, 1.807) is 8.93 Å². The van der Waals surface area contributed by atoms with Crippen LogP contribution in [0.5, 0.6) is 0 Å². The first-order valence-corrected chi connectivity index (χ1v) is 6.62. The van der Waals surface area contributed by atoms with Crippen molar-refractivity contribution in [2.75, 3.05) is 0 Å². The fraction of sp³-hybridized carbons (Fsp3) is 0. The second kappa shape index (κ2) is 3.06. The molecule has 0 saturated heterocycles. The van der Waals surface area contributed by atoms with E-state index in [4.69, 9.17) is 0 Å². The van der Waals surface area contributed by atoms with Crippen molar-refractivity contribution in [1.29, 1.82) is 0 Å². The maximum atomic E-state index is 3.30. The summed E-state index contributed by atoms with van der Waals surface area (Å²) in [6.07, 6.45) is 0. The van der Waals surface area contributed by atoms with Gasteiger partial charge in [0.2, 0.25) is 0 Å². The summed E-state index contributed by atoms with van der Waals surface area (Å²) in [6, 6.07) is 10.5. The highest BCUT2D eigenvalue weighted by atomic mass is 127. The van der Waals surface area contributed by atoms with Crippen LogP contribution in [0, 0.1) is 0 Å². The topological polar surface area (TPSA) is 15.8 Å². The molecular weight excluding hydrogens is 269 g/mol. The van der Waals surface area contributed by atoms with Crippen molar-refractivity contribution in [3.63, 3.8) is 0 Å². The Morgan fingerprint density at radius 3 is 2.82 bits per heavy atom. The number of para-hydroxylation sites is 1. The van der Waals surface area contributed by atoms with Crippen molar-refractivity contribution >= 4 is 41.0 Å². The van der Waals surface area contributed by atoms with Crippen molar-refractivity contribution < 1.29 is 0 Å². The molecule has 0 amide bonds. The van der Waals surface area contributed by atoms with E-state index >= 15 is 0 Å². The van der Waals surface area contributed by atoms with E-state index in [0.717, 1.165) is 0 Å². The van der Waals surface area contributed by atoms with Crippen molar-refractivity contribution in [3.05, 3.63) is 30.3 Å². The van der Waals surface area contributed by atoms with Crippen LogP contribution in [-0.2, 0) is 0 Å². The zero-order chi connectivity index (χ0) is 7.68. The van der Waals surface area contributed by atoms with Crippen LogP contribution in [0.2, 0.25) is 0 Å². The molecule has 0 aliphatic rings. The number of aromatic amines is 1. The van der Waals surface area contributed by atoms with E-state index in [2.05, 4.69) is 50.5 Å². The van der Waals surface area contributed by atoms with Gasteiger partial charge in [0.1, 0.15) is 0 Å². The number of fused-ring (bicyclic) bond motifs is 1. The van der Waals surface area contributed by atoms with Gasteiger partial charge in [-0.2, -0.15) is 0 Å². The largest absolute Gasteiger partial charge is 0.349 e. The van der Waals surface area contributed by atoms with Gasteiger partial charge in [0.15, 0.2) is 0 Å². The molecule has 1 nitrogen and oxygen atoms in total. The fourth-order valence-corrected chi connectivity index (χ4v) is 2.12. The maximum Gasteiger partial charge on any atom is 0.0836 e. The first-order valence-electron chi connectivity index (χ1n) is 3.26. The highest BCUT2D eigenvalue weighted by Crippen LogP contribution is 2.27. The third-order valence-corrected chi connectivity index (χ3v) is 3.40. The molecule has 3 heteroatoms. The summed E-state index contributed by atoms with van der Waals surface area (Å²) in [4.78, 5) is 3.30. The van der Waals surface area contributed by atoms with Crippen LogP contribution in [0.3, 0.4) is 0 Å². The lowest BCUT2D eigenvalue weighted by Crippen LogP contribution is -1.63. The number of rotatable bonds is 1. The molecular formula is C8H6INS. The molecule has 0 fully saturated rings. The lowest BCUT2D eigenvalue weighted by Gasteiger charge is -1.84. The van der Waals surface area contributed by atoms with Crippen LogP contribution in [0.25, 0.3) is 10.9 Å². The van der Waals surface area contributed by atoms with Crippen molar-refractivity contribution in [1.82, 2.24) is 4.98 Å². The molecule has 2 aromatic rings. The van der Waals surface area contributed by atoms with Gasteiger partial charge < -0.3 is 4.98 Å². The molecule has 1 aromatic heterocycles. The number of halogens is 1. The predicted molar refractivity (Wildman–Crippen MR) is 58.2 cm³/mol. The van der Waals surface area contributed by atoms with Gasteiger partial charge in [-0.1, -0.05) is 18.2 Å². The lowest BCUT2D eigenvalue weighted by molar-refractivity contribution is 1.25. The summed E-state index contributed by atoms with van der Waals surface area (Å²) in [5, 5.41) is 2.50. The normalized spacial score (nSPS) is 10.6. The standard InChI is InChI=1S/C8H6INS/c9-11-8-5-6-3-1-2-4-7(6)10-8/h1-5,10H. The lowest BCUT2D eigenvalue weighted by atomic mass is 10.3. The van der Waals surface area contributed by atoms with Crippen molar-refractivity contribution in [2.24, 2.45) is 0 Å². The molecule has 0 aliphatic carbocycles. The molecule has 1 heterocycles. The summed E-state index contributed by atoms with van der Waals surface area (Å²) in [6.45, 7) is 0. The number of benzene rings is 1. The summed E-state index contributed by atoms with van der Waals surface area (Å²) >= 11 is 2.27. The van der Waals surface area contributed by atoms with Crippen LogP contribution in [-0.4, -0.2) is 4.98 Å². The Morgan fingerprint density at radius 1 is 1.27 bits per heavy atom. The van der Waals surface area contributed by atoms with Gasteiger partial charge in [-0.15, -0.1) is 0 Å². The zero-order valence-electron chi connectivity index (χ0n) is 5.67. The third kappa shape index (κ3) is 1.39. The third-order valence-electron chi connectivity index (χ3n) is 1.59. The number of H-pyrrole nitrogens is 1. The molecule has 56 valence electrons. The SMILES string of the molecule is ISc1cc2ccccc2[nH]1. The van der Waals surface area contributed by atoms with E-state index in [1.807, 2.05) is 6.07 Å². The minimum absolute atomic E-state index is 1.21. The van der Waals surface area contributed by atoms with Gasteiger partial charge in [0, 0.05) is 32.1 Å².